The highest BCUT2D eigenvalue weighted by Gasteiger charge is 2.44. The molecule has 6 rings (SSSR count). The molecule has 24 heteroatoms. The van der Waals surface area contributed by atoms with E-state index in [0.29, 0.717) is 78.5 Å². The number of aliphatic imine (C=N–C) groups is 1. The summed E-state index contributed by atoms with van der Waals surface area (Å²) in [5.41, 5.74) is 4.30. The number of hydrogen-bond donors (Lipinski definition) is 1. The van der Waals surface area contributed by atoms with Crippen molar-refractivity contribution < 1.29 is 79.7 Å². The molecule has 0 saturated heterocycles. The minimum atomic E-state index is -4.95. The van der Waals surface area contributed by atoms with Gasteiger partial charge in [0.15, 0.2) is 5.71 Å². The van der Waals surface area contributed by atoms with Crippen LogP contribution < -0.4 is 14.2 Å². The van der Waals surface area contributed by atoms with E-state index in [2.05, 4.69) is 83.1 Å². The Labute approximate surface area is 713 Å². The van der Waals surface area contributed by atoms with Gasteiger partial charge in [0.2, 0.25) is 0 Å². The highest BCUT2D eigenvalue weighted by molar-refractivity contribution is 7.86. The molecular formula is C93H160N6O14S4. The zero-order valence-electron chi connectivity index (χ0n) is 75.7. The molecule has 1 aliphatic carbocycles. The lowest BCUT2D eigenvalue weighted by Gasteiger charge is -2.39. The van der Waals surface area contributed by atoms with E-state index < -0.39 is 72.6 Å². The van der Waals surface area contributed by atoms with Crippen molar-refractivity contribution >= 4 is 63.3 Å². The van der Waals surface area contributed by atoms with E-state index in [9.17, 15) is 57.0 Å². The molecule has 0 atom stereocenters. The lowest BCUT2D eigenvalue weighted by molar-refractivity contribution is -0.929. The minimum Gasteiger partial charge on any atom is -0.748 e. The molecular weight excluding hydrogens is 1550 g/mol. The number of ether oxygens (including phenoxy) is 1. The summed E-state index contributed by atoms with van der Waals surface area (Å²) in [7, 11) is -18.9. The van der Waals surface area contributed by atoms with E-state index in [0.717, 1.165) is 28.5 Å². The van der Waals surface area contributed by atoms with E-state index in [1.807, 2.05) is 81.2 Å². The number of quaternary nitrogens is 3. The summed E-state index contributed by atoms with van der Waals surface area (Å²) >= 11 is 0. The second-order valence-electron chi connectivity index (χ2n) is 34.4. The maximum Gasteiger partial charge on any atom is 0.327 e. The van der Waals surface area contributed by atoms with Crippen LogP contribution in [0.5, 0.6) is 5.75 Å². The van der Waals surface area contributed by atoms with Crippen LogP contribution in [0.25, 0.3) is 5.57 Å². The number of aliphatic hydroxyl groups is 1. The summed E-state index contributed by atoms with van der Waals surface area (Å²) in [5.74, 6) is -0.429. The number of benzene rings is 2. The maximum absolute atomic E-state index is 12.3. The van der Waals surface area contributed by atoms with E-state index in [1.54, 1.807) is 0 Å². The average Bonchev–Trinajstić information content (AvgIpc) is 1.60. The molecule has 0 unspecified atom stereocenters. The Morgan fingerprint density at radius 1 is 0.479 bits per heavy atom. The van der Waals surface area contributed by atoms with Crippen molar-refractivity contribution in [3.63, 3.8) is 0 Å². The van der Waals surface area contributed by atoms with Gasteiger partial charge in [-0.05, 0) is 217 Å². The summed E-state index contributed by atoms with van der Waals surface area (Å²) in [6.45, 7) is 52.8. The summed E-state index contributed by atoms with van der Waals surface area (Å²) < 4.78 is 154. The van der Waals surface area contributed by atoms with Gasteiger partial charge in [-0.2, -0.15) is 0 Å². The molecule has 1 N–H and O–H groups in total. The van der Waals surface area contributed by atoms with Gasteiger partial charge in [-0.1, -0.05) is 198 Å². The van der Waals surface area contributed by atoms with Gasteiger partial charge in [0.1, 0.15) is 32.2 Å². The number of aryl methyl sites for hydroxylation is 1. The van der Waals surface area contributed by atoms with Crippen molar-refractivity contribution in [2.24, 2.45) is 4.99 Å². The molecule has 0 amide bonds. The summed E-state index contributed by atoms with van der Waals surface area (Å²) in [5, 5.41) is 9.28. The molecule has 670 valence electrons. The lowest BCUT2D eigenvalue weighted by atomic mass is 9.80. The number of nitrogens with zero attached hydrogens (tertiary/aromatic N) is 6. The number of allylic oxidation sites excluding steroid dienone is 8. The van der Waals surface area contributed by atoms with Crippen LogP contribution in [0.3, 0.4) is 0 Å². The maximum atomic E-state index is 12.3. The Morgan fingerprint density at radius 3 is 1.30 bits per heavy atom. The van der Waals surface area contributed by atoms with Crippen molar-refractivity contribution in [2.75, 3.05) is 115 Å². The Morgan fingerprint density at radius 2 is 0.897 bits per heavy atom. The van der Waals surface area contributed by atoms with Crippen LogP contribution in [0.4, 0.5) is 11.5 Å². The van der Waals surface area contributed by atoms with Gasteiger partial charge >= 0.3 is 5.82 Å². The van der Waals surface area contributed by atoms with Crippen molar-refractivity contribution in [3.8, 4) is 5.75 Å². The van der Waals surface area contributed by atoms with Crippen molar-refractivity contribution in [2.45, 2.75) is 337 Å². The third-order valence-corrected chi connectivity index (χ3v) is 27.0. The fraction of sp³-hybridized carbons (Fsp3) is 0.720. The van der Waals surface area contributed by atoms with Crippen LogP contribution in [0, 0.1) is 0 Å². The van der Waals surface area contributed by atoms with Crippen LogP contribution >= 0.6 is 0 Å². The first kappa shape index (κ1) is 106. The van der Waals surface area contributed by atoms with Gasteiger partial charge in [0.05, 0.1) is 133 Å². The first-order chi connectivity index (χ1) is 55.4. The molecule has 0 saturated carbocycles. The fourth-order valence-corrected chi connectivity index (χ4v) is 18.6. The van der Waals surface area contributed by atoms with Crippen LogP contribution in [0.1, 0.15) is 327 Å². The van der Waals surface area contributed by atoms with Crippen LogP contribution in [-0.4, -0.2) is 186 Å². The number of aliphatic hydroxyl groups excluding tert-OH is 1. The quantitative estimate of drug-likeness (QED) is 0.0238. The summed E-state index contributed by atoms with van der Waals surface area (Å²) in [6, 6.07) is 12.8. The molecule has 0 fully saturated rings. The molecule has 2 aliphatic heterocycles. The third kappa shape index (κ3) is 36.7. The molecule has 117 heavy (non-hydrogen) atoms. The Balaban J connectivity index is 0.000000557. The highest BCUT2D eigenvalue weighted by atomic mass is 32.2. The van der Waals surface area contributed by atoms with Gasteiger partial charge < -0.3 is 46.4 Å². The normalized spacial score (nSPS) is 15.7. The molecule has 20 nitrogen and oxygen atoms in total. The van der Waals surface area contributed by atoms with E-state index >= 15 is 0 Å². The third-order valence-electron chi connectivity index (χ3n) is 23.8. The molecule has 2 aromatic carbocycles. The first-order valence-corrected chi connectivity index (χ1v) is 51.5. The van der Waals surface area contributed by atoms with Gasteiger partial charge in [-0.15, -0.1) is 0 Å². The highest BCUT2D eigenvalue weighted by Crippen LogP contribution is 2.50. The number of aromatic nitrogens is 1. The molecule has 3 aliphatic rings. The first-order valence-electron chi connectivity index (χ1n) is 45.5. The SMILES string of the molecule is CC1(C)C(/C=C/C2=C(c3cccc(OCCCCO)c3)C(=C/C=C3/N(CCCS(=O)(=O)[O-])c4ccc(S(=O)(=O)[O-])cc4C3(C)C)/CCC2)=Nc2c1cc(S(=O)(=O)[O-])c[n+]2CCCS(=O)(=O)[O-].CCCC[N+](CCCC)(CCCC)CCCC.CCCC[N+](CCCC)(CCCC)CCCC.CCCC[N+](CCCC)(CCCC)CCCC. The predicted octanol–water partition coefficient (Wildman–Crippen LogP) is 20.0. The zero-order valence-corrected chi connectivity index (χ0v) is 79.0. The van der Waals surface area contributed by atoms with Crippen molar-refractivity contribution in [1.29, 1.82) is 0 Å². The fourth-order valence-electron chi connectivity index (χ4n) is 16.6. The molecule has 0 bridgehead atoms. The van der Waals surface area contributed by atoms with Crippen LogP contribution in [0.2, 0.25) is 0 Å². The largest absolute Gasteiger partial charge is 0.748 e. The number of fused-ring (bicyclic) bond motifs is 2. The minimum absolute atomic E-state index is 0.0256. The Kier molecular flexibility index (Phi) is 49.2. The van der Waals surface area contributed by atoms with Crippen molar-refractivity contribution in [1.82, 2.24) is 0 Å². The van der Waals surface area contributed by atoms with Gasteiger partial charge in [0.25, 0.3) is 0 Å². The van der Waals surface area contributed by atoms with Gasteiger partial charge in [0, 0.05) is 41.5 Å². The second-order valence-corrected chi connectivity index (χ2v) is 40.2. The smallest absolute Gasteiger partial charge is 0.327 e. The van der Waals surface area contributed by atoms with Gasteiger partial charge in [-0.3, -0.25) is 0 Å². The topological polar surface area (TPSA) is 278 Å². The lowest BCUT2D eigenvalue weighted by Crippen LogP contribution is -2.50. The number of hydrogen-bond acceptors (Lipinski definition) is 16. The number of pyridine rings is 1. The van der Waals surface area contributed by atoms with E-state index in [1.165, 1.54) is 275 Å². The molecule has 0 spiro atoms. The predicted molar refractivity (Wildman–Crippen MR) is 480 cm³/mol. The van der Waals surface area contributed by atoms with E-state index in [4.69, 9.17) is 9.73 Å². The van der Waals surface area contributed by atoms with E-state index in [-0.39, 0.29) is 32.5 Å². The monoisotopic (exact) mass is 1710 g/mol. The molecule has 3 aromatic rings. The van der Waals surface area contributed by atoms with Crippen molar-refractivity contribution in [3.05, 3.63) is 113 Å². The molecule has 1 aromatic heterocycles. The number of rotatable bonds is 55. The second kappa shape index (κ2) is 54.0. The average molecular weight is 1710 g/mol. The Bertz CT molecular complexity index is 3840. The van der Waals surface area contributed by atoms with Crippen LogP contribution in [0.15, 0.2) is 111 Å². The Hall–Kier alpha value is -4.70. The van der Waals surface area contributed by atoms with Crippen LogP contribution in [-0.2, 0) is 57.8 Å². The summed E-state index contributed by atoms with van der Waals surface area (Å²) in [4.78, 5) is 5.75. The number of anilines is 1. The summed E-state index contributed by atoms with van der Waals surface area (Å²) in [6.07, 6.45) is 44.8. The standard InChI is InChI=1S/C45H55N3O14S4.3C16H36N/c1-44(2)38-29-36(66(59,60)61)30-47(21-9-25-63(50,51)52)43(38)46-40(44)19-15-31-11-7-12-32(42(31)33-13-8-14-34(27-33)62-24-6-5-23-49)16-20-41-45(3,4)37-28-35(65(56,57)58)17-18-39(37)48(41)22-10-26-64(53,54)55;3*1-5-9-13-17(14-10-6-2,15-11-7-3)16-12-8-4/h8,13-20,27-30,49H,5-7,9-12,21-26H2,1-4H3,(H3-,50,51,52,53,54,55,56,57,58,59,60,61);3*5-16H2,1-4H3/q;3*+1/p-3. The number of unbranched alkanes of at least 4 members (excludes halogenated alkanes) is 13. The molecule has 0 radical (unpaired) electrons. The zero-order chi connectivity index (χ0) is 87.4. The molecule has 3 heterocycles. The van der Waals surface area contributed by atoms with Gasteiger partial charge in [-0.25, -0.2) is 38.2 Å².